The van der Waals surface area contributed by atoms with Crippen LogP contribution < -0.4 is 15.0 Å². The molecule has 0 saturated carbocycles. The zero-order valence-corrected chi connectivity index (χ0v) is 13.9. The van der Waals surface area contributed by atoms with Gasteiger partial charge in [-0.1, -0.05) is 12.1 Å². The predicted octanol–water partition coefficient (Wildman–Crippen LogP) is 2.50. The van der Waals surface area contributed by atoms with Crippen LogP contribution in [0.4, 0.5) is 10.1 Å². The summed E-state index contributed by atoms with van der Waals surface area (Å²) in [5.74, 6) is -0.342. The van der Waals surface area contributed by atoms with Crippen molar-refractivity contribution in [3.63, 3.8) is 0 Å². The van der Waals surface area contributed by atoms with Gasteiger partial charge in [0.1, 0.15) is 11.6 Å². The predicted molar refractivity (Wildman–Crippen MR) is 91.7 cm³/mol. The van der Waals surface area contributed by atoms with E-state index in [1.54, 1.807) is 19.2 Å². The second-order valence-electron chi connectivity index (χ2n) is 5.95. The first-order valence-corrected chi connectivity index (χ1v) is 8.03. The second-order valence-corrected chi connectivity index (χ2v) is 5.95. The van der Waals surface area contributed by atoms with Gasteiger partial charge in [-0.3, -0.25) is 9.59 Å². The van der Waals surface area contributed by atoms with Crippen molar-refractivity contribution in [2.75, 3.05) is 18.6 Å². The summed E-state index contributed by atoms with van der Waals surface area (Å²) in [5, 5.41) is 2.86. The Kier molecular flexibility index (Phi) is 4.97. The lowest BCUT2D eigenvalue weighted by molar-refractivity contribution is -0.126. The number of anilines is 1. The SMILES string of the molecule is COc1cccc(CNC(=O)C2CC(=O)N(c3ccc(F)cc3)C2)c1. The minimum absolute atomic E-state index is 0.131. The van der Waals surface area contributed by atoms with Crippen molar-refractivity contribution in [3.8, 4) is 5.75 Å². The molecule has 1 N–H and O–H groups in total. The lowest BCUT2D eigenvalue weighted by Crippen LogP contribution is -2.32. The Morgan fingerprint density at radius 3 is 2.76 bits per heavy atom. The van der Waals surface area contributed by atoms with Crippen molar-refractivity contribution in [1.29, 1.82) is 0 Å². The molecular weight excluding hydrogens is 323 g/mol. The molecule has 1 aliphatic rings. The number of nitrogens with zero attached hydrogens (tertiary/aromatic N) is 1. The maximum absolute atomic E-state index is 13.0. The quantitative estimate of drug-likeness (QED) is 0.908. The van der Waals surface area contributed by atoms with E-state index < -0.39 is 5.92 Å². The van der Waals surface area contributed by atoms with Crippen molar-refractivity contribution in [2.45, 2.75) is 13.0 Å². The Hall–Kier alpha value is -2.89. The van der Waals surface area contributed by atoms with E-state index in [1.807, 2.05) is 24.3 Å². The van der Waals surface area contributed by atoms with E-state index in [0.29, 0.717) is 18.8 Å². The van der Waals surface area contributed by atoms with Crippen LogP contribution in [-0.4, -0.2) is 25.5 Å². The van der Waals surface area contributed by atoms with Gasteiger partial charge >= 0.3 is 0 Å². The number of hydrogen-bond acceptors (Lipinski definition) is 3. The van der Waals surface area contributed by atoms with Crippen LogP contribution in [0.2, 0.25) is 0 Å². The molecule has 0 aromatic heterocycles. The van der Waals surface area contributed by atoms with Gasteiger partial charge in [0.25, 0.3) is 0 Å². The van der Waals surface area contributed by atoms with Crippen LogP contribution >= 0.6 is 0 Å². The minimum atomic E-state index is -0.414. The van der Waals surface area contributed by atoms with E-state index in [1.165, 1.54) is 17.0 Å². The molecule has 2 aromatic rings. The molecule has 2 aromatic carbocycles. The maximum atomic E-state index is 13.0. The standard InChI is InChI=1S/C19H19FN2O3/c1-25-17-4-2-3-13(9-17)11-21-19(24)14-10-18(23)22(12-14)16-7-5-15(20)6-8-16/h2-9,14H,10-12H2,1H3,(H,21,24). The van der Waals surface area contributed by atoms with Crippen molar-refractivity contribution in [1.82, 2.24) is 5.32 Å². The third-order valence-corrected chi connectivity index (χ3v) is 4.24. The number of benzene rings is 2. The molecule has 25 heavy (non-hydrogen) atoms. The number of amides is 2. The third-order valence-electron chi connectivity index (χ3n) is 4.24. The molecule has 1 saturated heterocycles. The first-order valence-electron chi connectivity index (χ1n) is 8.03. The molecule has 1 unspecified atom stereocenters. The van der Waals surface area contributed by atoms with E-state index in [2.05, 4.69) is 5.32 Å². The molecule has 0 radical (unpaired) electrons. The number of halogens is 1. The number of nitrogens with one attached hydrogen (secondary N) is 1. The Balaban J connectivity index is 1.59. The largest absolute Gasteiger partial charge is 0.497 e. The van der Waals surface area contributed by atoms with Gasteiger partial charge in [-0.25, -0.2) is 4.39 Å². The third kappa shape index (κ3) is 3.96. The molecule has 1 atom stereocenters. The van der Waals surface area contributed by atoms with Crippen molar-refractivity contribution < 1.29 is 18.7 Å². The van der Waals surface area contributed by atoms with Crippen LogP contribution in [0.3, 0.4) is 0 Å². The van der Waals surface area contributed by atoms with Crippen LogP contribution in [0.5, 0.6) is 5.75 Å². The minimum Gasteiger partial charge on any atom is -0.497 e. The lowest BCUT2D eigenvalue weighted by Gasteiger charge is -2.16. The van der Waals surface area contributed by atoms with Gasteiger partial charge in [-0.2, -0.15) is 0 Å². The summed E-state index contributed by atoms with van der Waals surface area (Å²) < 4.78 is 18.2. The Labute approximate surface area is 145 Å². The van der Waals surface area contributed by atoms with Crippen molar-refractivity contribution in [3.05, 3.63) is 59.9 Å². The Bertz CT molecular complexity index is 776. The van der Waals surface area contributed by atoms with Crippen LogP contribution in [-0.2, 0) is 16.1 Å². The van der Waals surface area contributed by atoms with Crippen LogP contribution in [0.25, 0.3) is 0 Å². The molecule has 5 nitrogen and oxygen atoms in total. The fraction of sp³-hybridized carbons (Fsp3) is 0.263. The van der Waals surface area contributed by atoms with Gasteiger partial charge in [0.15, 0.2) is 0 Å². The fourth-order valence-corrected chi connectivity index (χ4v) is 2.87. The zero-order chi connectivity index (χ0) is 17.8. The van der Waals surface area contributed by atoms with Gasteiger partial charge < -0.3 is 15.0 Å². The Morgan fingerprint density at radius 1 is 1.28 bits per heavy atom. The summed E-state index contributed by atoms with van der Waals surface area (Å²) >= 11 is 0. The molecule has 6 heteroatoms. The molecular formula is C19H19FN2O3. The van der Waals surface area contributed by atoms with Crippen LogP contribution in [0.1, 0.15) is 12.0 Å². The smallest absolute Gasteiger partial charge is 0.227 e. The number of carbonyl (C=O) groups is 2. The molecule has 130 valence electrons. The molecule has 3 rings (SSSR count). The molecule has 1 aliphatic heterocycles. The van der Waals surface area contributed by atoms with Crippen LogP contribution in [0, 0.1) is 11.7 Å². The summed E-state index contributed by atoms with van der Waals surface area (Å²) in [6, 6.07) is 13.1. The normalized spacial score (nSPS) is 16.8. The number of rotatable bonds is 5. The zero-order valence-electron chi connectivity index (χ0n) is 13.9. The molecule has 1 heterocycles. The average Bonchev–Trinajstić information content (AvgIpc) is 3.02. The summed E-state index contributed by atoms with van der Waals surface area (Å²) in [7, 11) is 1.59. The highest BCUT2D eigenvalue weighted by Crippen LogP contribution is 2.25. The fourth-order valence-electron chi connectivity index (χ4n) is 2.87. The highest BCUT2D eigenvalue weighted by atomic mass is 19.1. The summed E-state index contributed by atoms with van der Waals surface area (Å²) in [6.07, 6.45) is 0.154. The molecule has 0 aliphatic carbocycles. The molecule has 2 amide bonds. The van der Waals surface area contributed by atoms with Gasteiger partial charge in [-0.05, 0) is 42.0 Å². The highest BCUT2D eigenvalue weighted by molar-refractivity contribution is 6.00. The van der Waals surface area contributed by atoms with Gasteiger partial charge in [0, 0.05) is 25.2 Å². The summed E-state index contributed by atoms with van der Waals surface area (Å²) in [4.78, 5) is 26.1. The number of methoxy groups -OCH3 is 1. The molecule has 0 spiro atoms. The first-order chi connectivity index (χ1) is 12.1. The van der Waals surface area contributed by atoms with E-state index in [0.717, 1.165) is 11.3 Å². The van der Waals surface area contributed by atoms with E-state index in [4.69, 9.17) is 4.74 Å². The summed E-state index contributed by atoms with van der Waals surface area (Å²) in [6.45, 7) is 0.672. The topological polar surface area (TPSA) is 58.6 Å². The monoisotopic (exact) mass is 342 g/mol. The van der Waals surface area contributed by atoms with Crippen LogP contribution in [0.15, 0.2) is 48.5 Å². The first kappa shape index (κ1) is 17.0. The van der Waals surface area contributed by atoms with E-state index in [9.17, 15) is 14.0 Å². The number of carbonyl (C=O) groups excluding carboxylic acids is 2. The summed E-state index contributed by atoms with van der Waals surface area (Å²) in [5.41, 5.74) is 1.53. The number of hydrogen-bond donors (Lipinski definition) is 1. The van der Waals surface area contributed by atoms with E-state index in [-0.39, 0.29) is 24.1 Å². The maximum Gasteiger partial charge on any atom is 0.227 e. The Morgan fingerprint density at radius 2 is 2.04 bits per heavy atom. The second kappa shape index (κ2) is 7.34. The number of ether oxygens (including phenoxy) is 1. The van der Waals surface area contributed by atoms with Gasteiger partial charge in [0.05, 0.1) is 13.0 Å². The average molecular weight is 342 g/mol. The van der Waals surface area contributed by atoms with Gasteiger partial charge in [0.2, 0.25) is 11.8 Å². The molecule has 0 bridgehead atoms. The lowest BCUT2D eigenvalue weighted by atomic mass is 10.1. The van der Waals surface area contributed by atoms with Gasteiger partial charge in [-0.15, -0.1) is 0 Å². The molecule has 1 fully saturated rings. The van der Waals surface area contributed by atoms with Crippen molar-refractivity contribution in [2.24, 2.45) is 5.92 Å². The van der Waals surface area contributed by atoms with Crippen molar-refractivity contribution >= 4 is 17.5 Å². The van der Waals surface area contributed by atoms with E-state index >= 15 is 0 Å². The highest BCUT2D eigenvalue weighted by Gasteiger charge is 2.34.